The van der Waals surface area contributed by atoms with Gasteiger partial charge in [-0.2, -0.15) is 0 Å². The van der Waals surface area contributed by atoms with Crippen molar-refractivity contribution < 1.29 is 4.42 Å². The summed E-state index contributed by atoms with van der Waals surface area (Å²) in [7, 11) is 0. The molecule has 0 atom stereocenters. The summed E-state index contributed by atoms with van der Waals surface area (Å²) in [6, 6.07) is 63.8. The lowest BCUT2D eigenvalue weighted by Crippen LogP contribution is -2.00. The molecule has 0 saturated carbocycles. The topological polar surface area (TPSA) is 56.7 Å². The molecular formula is C51H30N4OS. The van der Waals surface area contributed by atoms with Gasteiger partial charge in [-0.1, -0.05) is 133 Å². The van der Waals surface area contributed by atoms with Crippen molar-refractivity contribution >= 4 is 75.3 Å². The summed E-state index contributed by atoms with van der Waals surface area (Å²) in [6.45, 7) is 0. The van der Waals surface area contributed by atoms with Gasteiger partial charge in [-0.05, 0) is 59.7 Å². The highest BCUT2D eigenvalue weighted by atomic mass is 32.1. The second-order valence-electron chi connectivity index (χ2n) is 14.4. The molecule has 12 rings (SSSR count). The van der Waals surface area contributed by atoms with Crippen molar-refractivity contribution in [2.75, 3.05) is 0 Å². The molecule has 4 heterocycles. The molecule has 0 bridgehead atoms. The Morgan fingerprint density at radius 2 is 0.930 bits per heavy atom. The Morgan fingerprint density at radius 1 is 0.404 bits per heavy atom. The lowest BCUT2D eigenvalue weighted by molar-refractivity contribution is 0.669. The van der Waals surface area contributed by atoms with Gasteiger partial charge in [0.1, 0.15) is 11.2 Å². The largest absolute Gasteiger partial charge is 0.456 e. The van der Waals surface area contributed by atoms with E-state index in [1.54, 1.807) is 0 Å². The van der Waals surface area contributed by atoms with E-state index in [1.807, 2.05) is 72.0 Å². The van der Waals surface area contributed by atoms with Crippen molar-refractivity contribution in [1.29, 1.82) is 0 Å². The van der Waals surface area contributed by atoms with E-state index in [0.717, 1.165) is 44.2 Å². The number of benzene rings is 8. The first-order valence-electron chi connectivity index (χ1n) is 19.0. The maximum atomic E-state index is 6.67. The maximum absolute atomic E-state index is 6.67. The number of para-hydroxylation sites is 2. The molecule has 0 fully saturated rings. The quantitative estimate of drug-likeness (QED) is 0.176. The number of aromatic nitrogens is 4. The van der Waals surface area contributed by atoms with E-state index in [2.05, 4.69) is 126 Å². The molecule has 6 heteroatoms. The molecule has 0 aliphatic carbocycles. The van der Waals surface area contributed by atoms with Crippen LogP contribution in [0.25, 0.3) is 115 Å². The average molecular weight is 747 g/mol. The van der Waals surface area contributed by atoms with Gasteiger partial charge in [0.15, 0.2) is 17.5 Å². The first kappa shape index (κ1) is 31.9. The lowest BCUT2D eigenvalue weighted by Gasteiger charge is -2.09. The van der Waals surface area contributed by atoms with E-state index >= 15 is 0 Å². The van der Waals surface area contributed by atoms with E-state index in [1.165, 1.54) is 53.2 Å². The third kappa shape index (κ3) is 5.04. The summed E-state index contributed by atoms with van der Waals surface area (Å²) >= 11 is 1.86. The van der Waals surface area contributed by atoms with Gasteiger partial charge in [0.05, 0.1) is 21.4 Å². The van der Waals surface area contributed by atoms with E-state index in [-0.39, 0.29) is 0 Å². The highest BCUT2D eigenvalue weighted by molar-refractivity contribution is 7.26. The predicted octanol–water partition coefficient (Wildman–Crippen LogP) is 13.9. The number of thiophene rings is 1. The van der Waals surface area contributed by atoms with Crippen LogP contribution >= 0.6 is 11.3 Å². The molecule has 0 spiro atoms. The molecule has 0 amide bonds. The Labute approximate surface area is 330 Å². The van der Waals surface area contributed by atoms with Crippen molar-refractivity contribution in [2.24, 2.45) is 0 Å². The van der Waals surface area contributed by atoms with Crippen LogP contribution in [0.4, 0.5) is 0 Å². The van der Waals surface area contributed by atoms with Gasteiger partial charge in [-0.15, -0.1) is 11.3 Å². The SMILES string of the molecule is c1ccc(-c2nc(-c3ccccc3)nc(-c3ccc4c(c3)oc3cc(-c5cccc6sc7c(-n8c9ccccc9c9ccccc98)cccc7c56)ccc34)n2)cc1. The fraction of sp³-hybridized carbons (Fsp3) is 0. The lowest BCUT2D eigenvalue weighted by atomic mass is 9.98. The van der Waals surface area contributed by atoms with Gasteiger partial charge in [0.25, 0.3) is 0 Å². The fourth-order valence-corrected chi connectivity index (χ4v) is 9.69. The zero-order valence-corrected chi connectivity index (χ0v) is 31.2. The van der Waals surface area contributed by atoms with Crippen LogP contribution in [-0.2, 0) is 0 Å². The maximum Gasteiger partial charge on any atom is 0.164 e. The van der Waals surface area contributed by atoms with Crippen LogP contribution < -0.4 is 0 Å². The standard InChI is InChI=1S/C51H30N4OS/c1-3-13-31(14-4-1)49-52-50(32-15-5-2-6-16-32)54-51(53-49)34-26-28-39-38-27-25-33(29-44(38)56-45(39)30-34)35-19-12-24-46-47(35)40-20-11-23-43(48(40)57-46)55-41-21-9-7-17-36(41)37-18-8-10-22-42(37)55/h1-30H. The molecule has 0 aliphatic rings. The third-order valence-corrected chi connectivity index (χ3v) is 12.3. The first-order chi connectivity index (χ1) is 28.2. The summed E-state index contributed by atoms with van der Waals surface area (Å²) in [5, 5.41) is 7.16. The highest BCUT2D eigenvalue weighted by Crippen LogP contribution is 2.45. The third-order valence-electron chi connectivity index (χ3n) is 11.1. The molecule has 5 nitrogen and oxygen atoms in total. The van der Waals surface area contributed by atoms with Crippen molar-refractivity contribution in [3.8, 4) is 51.0 Å². The summed E-state index contributed by atoms with van der Waals surface area (Å²) in [6.07, 6.45) is 0. The highest BCUT2D eigenvalue weighted by Gasteiger charge is 2.19. The predicted molar refractivity (Wildman–Crippen MR) is 236 cm³/mol. The molecule has 4 aromatic heterocycles. The van der Waals surface area contributed by atoms with Gasteiger partial charge in [0.2, 0.25) is 0 Å². The van der Waals surface area contributed by atoms with Gasteiger partial charge in [-0.25, -0.2) is 15.0 Å². The van der Waals surface area contributed by atoms with Crippen LogP contribution in [0.1, 0.15) is 0 Å². The number of furan rings is 1. The van der Waals surface area contributed by atoms with Gasteiger partial charge < -0.3 is 8.98 Å². The summed E-state index contributed by atoms with van der Waals surface area (Å²) in [5.74, 6) is 1.86. The minimum Gasteiger partial charge on any atom is -0.456 e. The normalized spacial score (nSPS) is 11.9. The van der Waals surface area contributed by atoms with Crippen LogP contribution in [0.3, 0.4) is 0 Å². The molecule has 0 aliphatic heterocycles. The summed E-state index contributed by atoms with van der Waals surface area (Å²) in [5.41, 5.74) is 10.3. The van der Waals surface area contributed by atoms with Crippen LogP contribution in [-0.4, -0.2) is 19.5 Å². The number of fused-ring (bicyclic) bond motifs is 9. The van der Waals surface area contributed by atoms with E-state index < -0.39 is 0 Å². The molecule has 0 radical (unpaired) electrons. The molecule has 8 aromatic carbocycles. The van der Waals surface area contributed by atoms with Gasteiger partial charge >= 0.3 is 0 Å². The van der Waals surface area contributed by atoms with Gasteiger partial charge in [0, 0.05) is 53.7 Å². The minimum absolute atomic E-state index is 0.599. The second kappa shape index (κ2) is 12.6. The second-order valence-corrected chi connectivity index (χ2v) is 15.4. The van der Waals surface area contributed by atoms with Crippen LogP contribution in [0.5, 0.6) is 0 Å². The van der Waals surface area contributed by atoms with Crippen molar-refractivity contribution in [3.63, 3.8) is 0 Å². The molecule has 266 valence electrons. The number of rotatable bonds is 5. The zero-order valence-electron chi connectivity index (χ0n) is 30.4. The number of hydrogen-bond acceptors (Lipinski definition) is 5. The van der Waals surface area contributed by atoms with Gasteiger partial charge in [-0.3, -0.25) is 0 Å². The molecule has 0 N–H and O–H groups in total. The van der Waals surface area contributed by atoms with Crippen LogP contribution in [0.2, 0.25) is 0 Å². The summed E-state index contributed by atoms with van der Waals surface area (Å²) in [4.78, 5) is 14.8. The van der Waals surface area contributed by atoms with Crippen molar-refractivity contribution in [2.45, 2.75) is 0 Å². The summed E-state index contributed by atoms with van der Waals surface area (Å²) < 4.78 is 11.6. The fourth-order valence-electron chi connectivity index (χ4n) is 8.45. The molecular weight excluding hydrogens is 717 g/mol. The Balaban J connectivity index is 0.987. The van der Waals surface area contributed by atoms with Crippen LogP contribution in [0, 0.1) is 0 Å². The zero-order chi connectivity index (χ0) is 37.5. The Morgan fingerprint density at radius 3 is 1.58 bits per heavy atom. The smallest absolute Gasteiger partial charge is 0.164 e. The van der Waals surface area contributed by atoms with Crippen molar-refractivity contribution in [1.82, 2.24) is 19.5 Å². The van der Waals surface area contributed by atoms with E-state index in [9.17, 15) is 0 Å². The Hall–Kier alpha value is -7.41. The number of hydrogen-bond donors (Lipinski definition) is 0. The first-order valence-corrected chi connectivity index (χ1v) is 19.8. The molecule has 12 aromatic rings. The number of nitrogens with zero attached hydrogens (tertiary/aromatic N) is 4. The molecule has 0 saturated heterocycles. The Kier molecular flexibility index (Phi) is 7.03. The minimum atomic E-state index is 0.599. The van der Waals surface area contributed by atoms with Crippen LogP contribution in [0.15, 0.2) is 186 Å². The molecule has 0 unspecified atom stereocenters. The average Bonchev–Trinajstić information content (AvgIpc) is 3.96. The van der Waals surface area contributed by atoms with Crippen molar-refractivity contribution in [3.05, 3.63) is 182 Å². The monoisotopic (exact) mass is 746 g/mol. The van der Waals surface area contributed by atoms with E-state index in [4.69, 9.17) is 19.4 Å². The Bertz CT molecular complexity index is 3420. The van der Waals surface area contributed by atoms with E-state index in [0.29, 0.717) is 17.5 Å². The molecule has 57 heavy (non-hydrogen) atoms.